The van der Waals surface area contributed by atoms with Gasteiger partial charge in [0.2, 0.25) is 5.91 Å². The number of aryl methyl sites for hydroxylation is 1. The third-order valence-electron chi connectivity index (χ3n) is 6.48. The minimum atomic E-state index is -0.702. The molecule has 5 nitrogen and oxygen atoms in total. The highest BCUT2D eigenvalue weighted by Crippen LogP contribution is 2.36. The molecule has 2 fully saturated rings. The van der Waals surface area contributed by atoms with Gasteiger partial charge in [-0.1, -0.05) is 18.2 Å². The van der Waals surface area contributed by atoms with Crippen molar-refractivity contribution >= 4 is 11.6 Å². The van der Waals surface area contributed by atoms with Crippen molar-refractivity contribution in [1.29, 1.82) is 0 Å². The SMILES string of the molecule is C[C@]1(O)CCOC[C@@H]1[C@@H]1CCCN1CC(=O)N1CCCc2ccccc21. The van der Waals surface area contributed by atoms with Crippen LogP contribution in [0.4, 0.5) is 5.69 Å². The second-order valence-electron chi connectivity index (χ2n) is 8.25. The smallest absolute Gasteiger partial charge is 0.241 e. The van der Waals surface area contributed by atoms with Crippen LogP contribution < -0.4 is 4.90 Å². The first-order chi connectivity index (χ1) is 12.6. The van der Waals surface area contributed by atoms with Crippen molar-refractivity contribution in [2.45, 2.75) is 50.7 Å². The first-order valence-electron chi connectivity index (χ1n) is 9.99. The van der Waals surface area contributed by atoms with Gasteiger partial charge in [0.15, 0.2) is 0 Å². The number of anilines is 1. The van der Waals surface area contributed by atoms with Gasteiger partial charge < -0.3 is 14.7 Å². The van der Waals surface area contributed by atoms with E-state index < -0.39 is 5.60 Å². The van der Waals surface area contributed by atoms with Gasteiger partial charge in [-0.05, 0) is 57.2 Å². The minimum Gasteiger partial charge on any atom is -0.390 e. The van der Waals surface area contributed by atoms with Gasteiger partial charge in [-0.15, -0.1) is 0 Å². The molecule has 0 radical (unpaired) electrons. The van der Waals surface area contributed by atoms with Crippen LogP contribution in [0.5, 0.6) is 0 Å². The van der Waals surface area contributed by atoms with E-state index in [-0.39, 0.29) is 17.9 Å². The highest BCUT2D eigenvalue weighted by Gasteiger charge is 2.44. The van der Waals surface area contributed by atoms with Crippen LogP contribution in [0.2, 0.25) is 0 Å². The quantitative estimate of drug-likeness (QED) is 0.900. The lowest BCUT2D eigenvalue weighted by Gasteiger charge is -2.43. The van der Waals surface area contributed by atoms with Gasteiger partial charge in [0.25, 0.3) is 0 Å². The Morgan fingerprint density at radius 3 is 3.00 bits per heavy atom. The molecule has 3 aliphatic rings. The summed E-state index contributed by atoms with van der Waals surface area (Å²) < 4.78 is 5.66. The molecule has 1 amide bonds. The number of hydrogen-bond acceptors (Lipinski definition) is 4. The van der Waals surface area contributed by atoms with Gasteiger partial charge in [0.05, 0.1) is 18.8 Å². The van der Waals surface area contributed by atoms with E-state index in [4.69, 9.17) is 4.74 Å². The fraction of sp³-hybridized carbons (Fsp3) is 0.667. The van der Waals surface area contributed by atoms with Gasteiger partial charge in [0.1, 0.15) is 0 Å². The van der Waals surface area contributed by atoms with Crippen LogP contribution in [0.25, 0.3) is 0 Å². The van der Waals surface area contributed by atoms with Gasteiger partial charge in [-0.25, -0.2) is 0 Å². The Morgan fingerprint density at radius 1 is 1.31 bits per heavy atom. The number of ether oxygens (including phenoxy) is 1. The Hall–Kier alpha value is -1.43. The molecule has 0 bridgehead atoms. The maximum absolute atomic E-state index is 13.1. The molecule has 4 rings (SSSR count). The molecule has 1 N–H and O–H groups in total. The third kappa shape index (κ3) is 3.40. The molecule has 3 heterocycles. The number of nitrogens with zero attached hydrogens (tertiary/aromatic N) is 2. The molecule has 0 unspecified atom stereocenters. The number of hydrogen-bond donors (Lipinski definition) is 1. The Bertz CT molecular complexity index is 660. The number of fused-ring (bicyclic) bond motifs is 1. The molecule has 3 atom stereocenters. The van der Waals surface area contributed by atoms with E-state index in [9.17, 15) is 9.90 Å². The van der Waals surface area contributed by atoms with E-state index in [1.807, 2.05) is 17.9 Å². The lowest BCUT2D eigenvalue weighted by Crippen LogP contribution is -2.54. The normalized spacial score (nSPS) is 32.5. The predicted molar refractivity (Wildman–Crippen MR) is 101 cm³/mol. The van der Waals surface area contributed by atoms with E-state index in [1.54, 1.807) is 0 Å². The van der Waals surface area contributed by atoms with Crippen molar-refractivity contribution in [3.8, 4) is 0 Å². The summed E-state index contributed by atoms with van der Waals surface area (Å²) in [6, 6.07) is 8.49. The summed E-state index contributed by atoms with van der Waals surface area (Å²) in [6.07, 6.45) is 4.87. The van der Waals surface area contributed by atoms with E-state index in [1.165, 1.54) is 5.56 Å². The van der Waals surface area contributed by atoms with E-state index in [0.717, 1.165) is 44.5 Å². The molecule has 1 aromatic rings. The molecule has 0 aliphatic carbocycles. The molecule has 3 aliphatic heterocycles. The maximum Gasteiger partial charge on any atom is 0.241 e. The van der Waals surface area contributed by atoms with Crippen LogP contribution in [-0.4, -0.2) is 60.4 Å². The average Bonchev–Trinajstić information content (AvgIpc) is 3.08. The number of carbonyl (C=O) groups excluding carboxylic acids is 1. The van der Waals surface area contributed by atoms with Crippen LogP contribution in [0.3, 0.4) is 0 Å². The van der Waals surface area contributed by atoms with Crippen LogP contribution >= 0.6 is 0 Å². The molecule has 0 aromatic heterocycles. The lowest BCUT2D eigenvalue weighted by atomic mass is 9.79. The maximum atomic E-state index is 13.1. The van der Waals surface area contributed by atoms with Crippen molar-refractivity contribution in [1.82, 2.24) is 4.90 Å². The summed E-state index contributed by atoms with van der Waals surface area (Å²) in [4.78, 5) is 17.3. The molecule has 0 saturated carbocycles. The number of likely N-dealkylation sites (tertiary alicyclic amines) is 1. The van der Waals surface area contributed by atoms with Crippen molar-refractivity contribution in [3.63, 3.8) is 0 Å². The van der Waals surface area contributed by atoms with Crippen LogP contribution in [0.15, 0.2) is 24.3 Å². The number of carbonyl (C=O) groups is 1. The van der Waals surface area contributed by atoms with E-state index in [0.29, 0.717) is 26.2 Å². The second kappa shape index (κ2) is 7.29. The Labute approximate surface area is 155 Å². The van der Waals surface area contributed by atoms with Gasteiger partial charge in [-0.3, -0.25) is 9.69 Å². The summed E-state index contributed by atoms with van der Waals surface area (Å²) in [5, 5.41) is 10.8. The molecular formula is C21H30N2O3. The summed E-state index contributed by atoms with van der Waals surface area (Å²) in [5.74, 6) is 0.264. The molecular weight excluding hydrogens is 328 g/mol. The summed E-state index contributed by atoms with van der Waals surface area (Å²) in [6.45, 7) is 5.32. The predicted octanol–water partition coefficient (Wildman–Crippen LogP) is 2.22. The number of aliphatic hydroxyl groups is 1. The summed E-state index contributed by atoms with van der Waals surface area (Å²) in [7, 11) is 0. The average molecular weight is 358 g/mol. The Balaban J connectivity index is 1.47. The van der Waals surface area contributed by atoms with Gasteiger partial charge >= 0.3 is 0 Å². The van der Waals surface area contributed by atoms with Crippen LogP contribution in [0, 0.1) is 5.92 Å². The van der Waals surface area contributed by atoms with Crippen molar-refractivity contribution < 1.29 is 14.6 Å². The number of rotatable bonds is 3. The van der Waals surface area contributed by atoms with Gasteiger partial charge in [-0.2, -0.15) is 0 Å². The fourth-order valence-electron chi connectivity index (χ4n) is 4.94. The number of para-hydroxylation sites is 1. The standard InChI is InChI=1S/C21H30N2O3/c1-21(25)10-13-26-15-17(21)19-9-5-11-22(19)14-20(24)23-12-4-7-16-6-2-3-8-18(16)23/h2-3,6,8,17,19,25H,4-5,7,9-15H2,1H3/t17-,19+,21+/m1/s1. The van der Waals surface area contributed by atoms with Gasteiger partial charge in [0, 0.05) is 30.8 Å². The number of amides is 1. The summed E-state index contributed by atoms with van der Waals surface area (Å²) >= 11 is 0. The lowest BCUT2D eigenvalue weighted by molar-refractivity contribution is -0.130. The van der Waals surface area contributed by atoms with Crippen LogP contribution in [-0.2, 0) is 16.0 Å². The first-order valence-corrected chi connectivity index (χ1v) is 9.99. The highest BCUT2D eigenvalue weighted by atomic mass is 16.5. The Kier molecular flexibility index (Phi) is 5.04. The first kappa shape index (κ1) is 18.0. The van der Waals surface area contributed by atoms with E-state index in [2.05, 4.69) is 23.1 Å². The van der Waals surface area contributed by atoms with Crippen molar-refractivity contribution in [2.75, 3.05) is 37.7 Å². The van der Waals surface area contributed by atoms with Crippen molar-refractivity contribution in [3.05, 3.63) is 29.8 Å². The monoisotopic (exact) mass is 358 g/mol. The van der Waals surface area contributed by atoms with Crippen LogP contribution in [0.1, 0.15) is 38.2 Å². The molecule has 0 spiro atoms. The van der Waals surface area contributed by atoms with E-state index >= 15 is 0 Å². The number of benzene rings is 1. The fourth-order valence-corrected chi connectivity index (χ4v) is 4.94. The zero-order chi connectivity index (χ0) is 18.1. The second-order valence-corrected chi connectivity index (χ2v) is 8.25. The zero-order valence-corrected chi connectivity index (χ0v) is 15.7. The zero-order valence-electron chi connectivity index (χ0n) is 15.7. The molecule has 142 valence electrons. The third-order valence-corrected chi connectivity index (χ3v) is 6.48. The molecule has 1 aromatic carbocycles. The van der Waals surface area contributed by atoms with Crippen molar-refractivity contribution in [2.24, 2.45) is 5.92 Å². The Morgan fingerprint density at radius 2 is 2.15 bits per heavy atom. The molecule has 26 heavy (non-hydrogen) atoms. The summed E-state index contributed by atoms with van der Waals surface area (Å²) in [5.41, 5.74) is 1.65. The largest absolute Gasteiger partial charge is 0.390 e. The minimum absolute atomic E-state index is 0.0835. The molecule has 2 saturated heterocycles. The topological polar surface area (TPSA) is 53.0 Å². The highest BCUT2D eigenvalue weighted by molar-refractivity contribution is 5.96. The molecule has 5 heteroatoms.